The molecule has 0 spiro atoms. The van der Waals surface area contributed by atoms with Gasteiger partial charge in [0.15, 0.2) is 0 Å². The monoisotopic (exact) mass is 1700 g/mol. The molecule has 3 saturated heterocycles. The van der Waals surface area contributed by atoms with Crippen molar-refractivity contribution in [3.63, 3.8) is 0 Å². The second-order valence-corrected chi connectivity index (χ2v) is 48.1. The highest BCUT2D eigenvalue weighted by atomic mass is 127. The van der Waals surface area contributed by atoms with Crippen LogP contribution in [0.1, 0.15) is 147 Å². The largest absolute Gasteiger partial charge is 0.492 e. The van der Waals surface area contributed by atoms with Crippen molar-refractivity contribution in [1.29, 1.82) is 0 Å². The number of nitrogens with zero attached hydrogens (tertiary/aromatic N) is 5. The Hall–Kier alpha value is -6.45. The molecule has 0 bridgehead atoms. The molecule has 6 aromatic rings. The maximum atomic E-state index is 13.0. The molecule has 9 rings (SSSR count). The van der Waals surface area contributed by atoms with Gasteiger partial charge in [0.1, 0.15) is 43.8 Å². The first kappa shape index (κ1) is 95.4. The van der Waals surface area contributed by atoms with E-state index < -0.39 is 60.2 Å². The van der Waals surface area contributed by atoms with E-state index in [0.717, 1.165) is 83.0 Å². The van der Waals surface area contributed by atoms with Crippen LogP contribution in [-0.4, -0.2) is 199 Å². The van der Waals surface area contributed by atoms with Crippen LogP contribution in [0.4, 0.5) is 4.79 Å². The van der Waals surface area contributed by atoms with E-state index in [1.807, 2.05) is 119 Å². The van der Waals surface area contributed by atoms with E-state index in [1.165, 1.54) is 41.3 Å². The average molecular weight is 1700 g/mol. The number of rotatable bonds is 29. The Labute approximate surface area is 694 Å². The number of likely N-dealkylation sites (N-methyl/N-ethyl adjacent to an activating group) is 2. The van der Waals surface area contributed by atoms with E-state index in [1.54, 1.807) is 40.3 Å². The predicted molar refractivity (Wildman–Crippen MR) is 477 cm³/mol. The Morgan fingerprint density at radius 2 is 1.01 bits per heavy atom. The summed E-state index contributed by atoms with van der Waals surface area (Å²) in [6.07, 6.45) is 11.8. The molecule has 113 heavy (non-hydrogen) atoms. The number of aromatic nitrogens is 2. The molecule has 618 valence electrons. The molecule has 20 nitrogen and oxygen atoms in total. The molecule has 0 radical (unpaired) electrons. The maximum Gasteiger partial charge on any atom is 0.491 e. The van der Waals surface area contributed by atoms with Crippen LogP contribution < -0.4 is 14.8 Å². The number of fused-ring (bicyclic) bond motifs is 2. The van der Waals surface area contributed by atoms with Crippen LogP contribution in [0.5, 0.6) is 11.5 Å². The molecule has 0 atom stereocenters. The predicted octanol–water partition coefficient (Wildman–Crippen LogP) is 17.9. The van der Waals surface area contributed by atoms with Gasteiger partial charge in [-0.3, -0.25) is 9.59 Å². The van der Waals surface area contributed by atoms with E-state index in [9.17, 15) is 14.4 Å². The molecular formula is C87H132B3IN6O14Si2. The van der Waals surface area contributed by atoms with Crippen molar-refractivity contribution in [3.8, 4) is 23.3 Å². The van der Waals surface area contributed by atoms with Crippen LogP contribution in [0.25, 0.3) is 27.4 Å². The van der Waals surface area contributed by atoms with Crippen LogP contribution in [0.2, 0.25) is 51.4 Å². The van der Waals surface area contributed by atoms with Gasteiger partial charge in [0.2, 0.25) is 11.8 Å². The first-order valence-corrected chi connectivity index (χ1v) is 48.3. The molecule has 3 aliphatic heterocycles. The maximum absolute atomic E-state index is 13.0. The molecule has 1 N–H and O–H groups in total. The fourth-order valence-electron chi connectivity index (χ4n) is 11.4. The van der Waals surface area contributed by atoms with Crippen molar-refractivity contribution < 1.29 is 66.0 Å². The van der Waals surface area contributed by atoms with Gasteiger partial charge < -0.3 is 80.8 Å². The number of amides is 3. The summed E-state index contributed by atoms with van der Waals surface area (Å²) in [5, 5.41) is 5.53. The third-order valence-corrected chi connectivity index (χ3v) is 24.6. The summed E-state index contributed by atoms with van der Waals surface area (Å²) in [6, 6.07) is 35.5. The molecule has 3 fully saturated rings. The number of nitrogens with one attached hydrogen (secondary N) is 1. The van der Waals surface area contributed by atoms with Crippen molar-refractivity contribution >= 4 is 105 Å². The van der Waals surface area contributed by atoms with Crippen molar-refractivity contribution in [2.24, 2.45) is 0 Å². The van der Waals surface area contributed by atoms with Crippen LogP contribution in [0.3, 0.4) is 0 Å². The lowest BCUT2D eigenvalue weighted by atomic mass is 9.49. The summed E-state index contributed by atoms with van der Waals surface area (Å²) in [5.74, 6) is 7.68. The van der Waals surface area contributed by atoms with E-state index >= 15 is 0 Å². The van der Waals surface area contributed by atoms with Gasteiger partial charge in [-0.25, -0.2) is 4.79 Å². The Balaban J connectivity index is 0.000000277. The van der Waals surface area contributed by atoms with Crippen molar-refractivity contribution in [1.82, 2.24) is 29.2 Å². The van der Waals surface area contributed by atoms with Crippen LogP contribution in [-0.2, 0) is 65.2 Å². The highest BCUT2D eigenvalue weighted by molar-refractivity contribution is 14.1. The van der Waals surface area contributed by atoms with Crippen LogP contribution >= 0.6 is 22.6 Å². The number of halogens is 1. The van der Waals surface area contributed by atoms with Crippen molar-refractivity contribution in [2.75, 3.05) is 80.8 Å². The summed E-state index contributed by atoms with van der Waals surface area (Å²) < 4.78 is 71.9. The number of hydrogen-bond donors (Lipinski definition) is 1. The summed E-state index contributed by atoms with van der Waals surface area (Å²) >= 11 is 2.26. The topological polar surface area (TPSA) is 184 Å². The number of benzene rings is 4. The minimum Gasteiger partial charge on any atom is -0.492 e. The molecule has 26 heteroatoms. The number of carbonyl (C=O) groups is 3. The molecule has 3 amide bonds. The Kier molecular flexibility index (Phi) is 35.1. The highest BCUT2D eigenvalue weighted by Gasteiger charge is 2.64. The Morgan fingerprint density at radius 3 is 1.47 bits per heavy atom. The Morgan fingerprint density at radius 1 is 0.566 bits per heavy atom. The first-order valence-electron chi connectivity index (χ1n) is 39.8. The zero-order valence-corrected chi connectivity index (χ0v) is 77.3. The summed E-state index contributed by atoms with van der Waals surface area (Å²) in [5.41, 5.74) is 4.56. The zero-order valence-electron chi connectivity index (χ0n) is 73.2. The van der Waals surface area contributed by atoms with Crippen LogP contribution in [0, 0.1) is 15.4 Å². The van der Waals surface area contributed by atoms with Gasteiger partial charge in [0, 0.05) is 128 Å². The zero-order chi connectivity index (χ0) is 84.1. The van der Waals surface area contributed by atoms with E-state index in [2.05, 4.69) is 203 Å². The first-order chi connectivity index (χ1) is 52.6. The smallest absolute Gasteiger partial charge is 0.491 e. The van der Waals surface area contributed by atoms with E-state index in [0.29, 0.717) is 32.4 Å². The second-order valence-electron chi connectivity index (χ2n) is 35.6. The summed E-state index contributed by atoms with van der Waals surface area (Å²) in [6.45, 7) is 54.0. The summed E-state index contributed by atoms with van der Waals surface area (Å²) in [4.78, 5) is 40.8. The lowest BCUT2D eigenvalue weighted by Gasteiger charge is -2.32. The standard InChI is InChI=1S/C43H64BN3O7Si.C18H25NOSi.C14H19IN2O2.C12H24B2O4/c1-14-36(44-53-42(5,6)43(7,8)54-44)39(34-19-22-37-33(30-34)23-25-47(37)31-50-28-29-55(11,12)13)32-17-20-35(21-18-32)51-27-26-46(40(49)52-41(2,3)4)24-15-16-38(48)45(9)10;1-5-6-7-16-8-9-18-17(14-16)10-11-19(18)15-20-12-13-21(2,3)4;1-17(2)14(18)4-3-9-16-10-11-19-13-7-5-12(15)6-8-13;1-9(2)10(3,4)16-13(15-9)14-17-11(5,6)12(7,8)18-14/h15-23,25,30H,14,24,26-29,31H2,1-13H3;8-11,14H,5,12-13,15H2,1-4H3;3-8,16H,9-11H2,1-2H3;1-8H3/b16-15+,39-36+;;4-3+;. The Bertz CT molecular complexity index is 4140. The molecule has 5 heterocycles. The van der Waals surface area contributed by atoms with Crippen molar-refractivity contribution in [3.05, 3.63) is 159 Å². The fourth-order valence-corrected chi connectivity index (χ4v) is 13.3. The third kappa shape index (κ3) is 29.6. The normalized spacial score (nSPS) is 16.8. The quantitative estimate of drug-likeness (QED) is 0.0154. The van der Waals surface area contributed by atoms with Gasteiger partial charge in [0.25, 0.3) is 0 Å². The molecule has 0 saturated carbocycles. The van der Waals surface area contributed by atoms with Crippen LogP contribution in [0.15, 0.2) is 139 Å². The molecule has 0 unspecified atom stereocenters. The molecular weight excluding hydrogens is 1570 g/mol. The van der Waals surface area contributed by atoms with Gasteiger partial charge in [-0.2, -0.15) is 0 Å². The number of ether oxygens (including phenoxy) is 5. The number of carbonyl (C=O) groups excluding carboxylic acids is 3. The minimum absolute atomic E-state index is 0.00283. The van der Waals surface area contributed by atoms with Gasteiger partial charge in [-0.15, -0.1) is 0 Å². The lowest BCUT2D eigenvalue weighted by molar-refractivity contribution is -0.124. The van der Waals surface area contributed by atoms with Gasteiger partial charge >= 0.3 is 27.2 Å². The highest BCUT2D eigenvalue weighted by Crippen LogP contribution is 2.45. The molecule has 3 aliphatic rings. The van der Waals surface area contributed by atoms with Gasteiger partial charge in [-0.1, -0.05) is 95.3 Å². The van der Waals surface area contributed by atoms with Gasteiger partial charge in [-0.05, 0) is 246 Å². The second kappa shape index (κ2) is 41.6. The third-order valence-electron chi connectivity index (χ3n) is 20.5. The lowest BCUT2D eigenvalue weighted by Crippen LogP contribution is -2.41. The number of hydrogen-bond acceptors (Lipinski definition) is 15. The average Bonchev–Trinajstić information content (AvgIpc) is 1.61. The SMILES string of the molecule is CC/C(B1OC(C)(C)C(C)(C)O1)=C(/c1ccc(OCCN(C/C=C/C(=O)N(C)C)C(=O)OC(C)(C)C)cc1)c1ccc2c(ccn2COCC[Si](C)(C)C)c1.CC1(C)OB(B2OC(C)(C)C(C)(C)O2)OC1(C)C.CCC#Cc1ccc2c(ccn2COCC[Si](C)(C)C)c1.CN(C)C(=O)/C=C/CNCCOc1ccc(I)cc1. The van der Waals surface area contributed by atoms with Gasteiger partial charge in [0.05, 0.1) is 51.2 Å². The molecule has 0 aliphatic carbocycles. The van der Waals surface area contributed by atoms with Crippen molar-refractivity contribution in [2.45, 2.75) is 235 Å². The van der Waals surface area contributed by atoms with E-state index in [-0.39, 0.29) is 53.9 Å². The fraction of sp³-hybridized carbons (Fsp3) is 0.552. The number of allylic oxidation sites excluding steroid dienone is 1. The molecule has 4 aromatic carbocycles. The molecule has 2 aromatic heterocycles. The minimum atomic E-state index is -1.17. The van der Waals surface area contributed by atoms with E-state index in [4.69, 9.17) is 51.6 Å². The summed E-state index contributed by atoms with van der Waals surface area (Å²) in [7, 11) is 3.19.